The van der Waals surface area contributed by atoms with E-state index < -0.39 is 5.54 Å². The van der Waals surface area contributed by atoms with Crippen LogP contribution in [0.1, 0.15) is 141 Å². The predicted molar refractivity (Wildman–Crippen MR) is 198 cm³/mol. The second-order valence-electron chi connectivity index (χ2n) is 17.8. The molecule has 256 valence electrons. The quantitative estimate of drug-likeness (QED) is 0.274. The van der Waals surface area contributed by atoms with E-state index in [0.29, 0.717) is 23.7 Å². The molecule has 2 nitrogen and oxygen atoms in total. The Labute approximate surface area is 287 Å². The molecule has 0 spiro atoms. The molecule has 2 heteroatoms. The summed E-state index contributed by atoms with van der Waals surface area (Å²) in [5.74, 6) is 6.78. The van der Waals surface area contributed by atoms with Gasteiger partial charge >= 0.3 is 0 Å². The highest BCUT2D eigenvalue weighted by molar-refractivity contribution is 5.44. The highest BCUT2D eigenvalue weighted by Crippen LogP contribution is 2.59. The second-order valence-corrected chi connectivity index (χ2v) is 17.8. The van der Waals surface area contributed by atoms with Crippen LogP contribution in [0.25, 0.3) is 0 Å². The zero-order valence-electron chi connectivity index (χ0n) is 29.6. The number of allylic oxidation sites excluding steroid dienone is 11. The zero-order valence-corrected chi connectivity index (χ0v) is 29.6. The van der Waals surface area contributed by atoms with Crippen molar-refractivity contribution in [2.75, 3.05) is 0 Å². The Morgan fingerprint density at radius 3 is 2.23 bits per heavy atom. The van der Waals surface area contributed by atoms with E-state index >= 15 is 0 Å². The van der Waals surface area contributed by atoms with E-state index in [9.17, 15) is 0 Å². The highest BCUT2D eigenvalue weighted by Gasteiger charge is 2.50. The third kappa shape index (κ3) is 6.54. The lowest BCUT2D eigenvalue weighted by Gasteiger charge is -2.54. The van der Waals surface area contributed by atoms with E-state index in [1.165, 1.54) is 134 Å². The van der Waals surface area contributed by atoms with Gasteiger partial charge in [-0.15, -0.1) is 0 Å². The van der Waals surface area contributed by atoms with Crippen LogP contribution >= 0.6 is 0 Å². The first kappa shape index (κ1) is 32.6. The number of fused-ring (bicyclic) bond motifs is 6. The summed E-state index contributed by atoms with van der Waals surface area (Å²) in [6, 6.07) is 0.0482. The van der Waals surface area contributed by atoms with Crippen LogP contribution in [0.15, 0.2) is 70.9 Å². The van der Waals surface area contributed by atoms with Crippen LogP contribution in [0.4, 0.5) is 0 Å². The normalized spacial score (nSPS) is 39.6. The fourth-order valence-corrected chi connectivity index (χ4v) is 12.8. The first-order valence-corrected chi connectivity index (χ1v) is 20.8. The summed E-state index contributed by atoms with van der Waals surface area (Å²) in [6.07, 6.45) is 49.7. The minimum Gasteiger partial charge on any atom is -0.326 e. The molecular weight excluding hydrogens is 569 g/mol. The van der Waals surface area contributed by atoms with Crippen molar-refractivity contribution >= 4 is 0 Å². The van der Waals surface area contributed by atoms with E-state index in [1.807, 2.05) is 5.57 Å². The van der Waals surface area contributed by atoms with Gasteiger partial charge in [0.2, 0.25) is 0 Å². The minimum atomic E-state index is -0.429. The maximum Gasteiger partial charge on any atom is 0.0534 e. The molecule has 8 aliphatic rings. The van der Waals surface area contributed by atoms with Gasteiger partial charge in [0.25, 0.3) is 0 Å². The third-order valence-electron chi connectivity index (χ3n) is 15.3. The van der Waals surface area contributed by atoms with Gasteiger partial charge in [0.1, 0.15) is 0 Å². The molecule has 4 N–H and O–H groups in total. The fraction of sp³-hybridized carbons (Fsp3) is 0.733. The Balaban J connectivity index is 1.14. The molecule has 0 aliphatic heterocycles. The van der Waals surface area contributed by atoms with Crippen LogP contribution in [-0.2, 0) is 0 Å². The molecule has 4 saturated carbocycles. The topological polar surface area (TPSA) is 52.0 Å². The van der Waals surface area contributed by atoms with Crippen molar-refractivity contribution in [3.05, 3.63) is 70.9 Å². The molecule has 0 aromatic carbocycles. The van der Waals surface area contributed by atoms with Gasteiger partial charge in [0, 0.05) is 12.0 Å². The number of hydrogen-bond donors (Lipinski definition) is 2. The average molecular weight is 635 g/mol. The lowest BCUT2D eigenvalue weighted by molar-refractivity contribution is 0.0258. The molecule has 0 saturated heterocycles. The van der Waals surface area contributed by atoms with Crippen LogP contribution in [-0.4, -0.2) is 11.6 Å². The monoisotopic (exact) mass is 635 g/mol. The van der Waals surface area contributed by atoms with Gasteiger partial charge in [0.15, 0.2) is 0 Å². The van der Waals surface area contributed by atoms with Crippen LogP contribution in [0.5, 0.6) is 0 Å². The van der Waals surface area contributed by atoms with E-state index in [0.717, 1.165) is 42.4 Å². The third-order valence-corrected chi connectivity index (χ3v) is 15.3. The molecule has 0 bridgehead atoms. The van der Waals surface area contributed by atoms with Crippen LogP contribution in [0.2, 0.25) is 0 Å². The van der Waals surface area contributed by atoms with E-state index in [2.05, 4.69) is 48.6 Å². The van der Waals surface area contributed by atoms with Crippen molar-refractivity contribution in [3.8, 4) is 0 Å². The van der Waals surface area contributed by atoms with E-state index in [1.54, 1.807) is 11.1 Å². The van der Waals surface area contributed by atoms with Gasteiger partial charge in [-0.05, 0) is 155 Å². The van der Waals surface area contributed by atoms with Gasteiger partial charge < -0.3 is 11.5 Å². The summed E-state index contributed by atoms with van der Waals surface area (Å²) in [7, 11) is 0. The van der Waals surface area contributed by atoms with Gasteiger partial charge in [0.05, 0.1) is 5.54 Å². The number of rotatable bonds is 7. The lowest BCUT2D eigenvalue weighted by Crippen LogP contribution is -2.61. The van der Waals surface area contributed by atoms with Crippen LogP contribution in [0.3, 0.4) is 0 Å². The molecule has 9 unspecified atom stereocenters. The van der Waals surface area contributed by atoms with Crippen molar-refractivity contribution in [2.24, 2.45) is 64.7 Å². The first-order chi connectivity index (χ1) is 23.1. The average Bonchev–Trinajstić information content (AvgIpc) is 3.15. The van der Waals surface area contributed by atoms with Crippen LogP contribution < -0.4 is 11.5 Å². The van der Waals surface area contributed by atoms with Gasteiger partial charge in [-0.2, -0.15) is 0 Å². The molecule has 0 aromatic rings. The van der Waals surface area contributed by atoms with Gasteiger partial charge in [-0.3, -0.25) is 0 Å². The second kappa shape index (κ2) is 14.3. The Bertz CT molecular complexity index is 1300. The zero-order chi connectivity index (χ0) is 31.8. The summed E-state index contributed by atoms with van der Waals surface area (Å²) in [5, 5.41) is 0. The van der Waals surface area contributed by atoms with Crippen molar-refractivity contribution in [1.29, 1.82) is 0 Å². The van der Waals surface area contributed by atoms with Crippen molar-refractivity contribution in [3.63, 3.8) is 0 Å². The Kier molecular flexibility index (Phi) is 9.91. The van der Waals surface area contributed by atoms with Crippen molar-refractivity contribution in [1.82, 2.24) is 0 Å². The maximum atomic E-state index is 7.93. The SMILES string of the molecule is NC(C1CCCCC1)[C@](N)(CC1C=CCCC1)C1=CC(C2CC=CCC2)=CC(C2=CC=C3C4CCCCC4C4CCCCC4C3C2)C1. The Morgan fingerprint density at radius 1 is 0.702 bits per heavy atom. The summed E-state index contributed by atoms with van der Waals surface area (Å²) in [6.45, 7) is 0. The molecule has 47 heavy (non-hydrogen) atoms. The smallest absolute Gasteiger partial charge is 0.0534 e. The standard InChI is InChI=1S/C45H66N2/c46-44(33-18-8-3-9-19-33)45(47,30-31-14-4-1-5-15-31)37-27-35(32-16-6-2-7-17-32)26-36(28-37)34-24-25-42-40-22-11-10-20-38(40)39-21-12-13-23-41(39)43(42)29-34/h2,4,6,14,24-27,31-33,36,38-41,43-44H,1,3,5,7-13,15-23,28-30,46-47H2/t31?,32?,36?,38?,39?,40?,41?,43?,44?,45-/m0/s1. The molecule has 4 fully saturated rings. The lowest BCUT2D eigenvalue weighted by atomic mass is 9.51. The summed E-state index contributed by atoms with van der Waals surface area (Å²) >= 11 is 0. The maximum absolute atomic E-state index is 7.93. The summed E-state index contributed by atoms with van der Waals surface area (Å²) < 4.78 is 0. The van der Waals surface area contributed by atoms with Gasteiger partial charge in [-0.1, -0.05) is 105 Å². The van der Waals surface area contributed by atoms with Crippen molar-refractivity contribution in [2.45, 2.75) is 153 Å². The molecule has 10 atom stereocenters. The molecular formula is C45H66N2. The molecule has 0 amide bonds. The predicted octanol–water partition coefficient (Wildman–Crippen LogP) is 11.1. The minimum absolute atomic E-state index is 0.0482. The number of nitrogens with two attached hydrogens (primary N) is 2. The van der Waals surface area contributed by atoms with Gasteiger partial charge in [-0.25, -0.2) is 0 Å². The Morgan fingerprint density at radius 2 is 1.47 bits per heavy atom. The fourth-order valence-electron chi connectivity index (χ4n) is 12.8. The van der Waals surface area contributed by atoms with Crippen LogP contribution in [0, 0.1) is 53.3 Å². The molecule has 0 heterocycles. The molecule has 8 rings (SSSR count). The summed E-state index contributed by atoms with van der Waals surface area (Å²) in [5.41, 5.74) is 21.7. The highest BCUT2D eigenvalue weighted by atomic mass is 14.9. The molecule has 0 radical (unpaired) electrons. The number of hydrogen-bond acceptors (Lipinski definition) is 2. The first-order valence-electron chi connectivity index (χ1n) is 20.8. The molecule has 8 aliphatic carbocycles. The largest absolute Gasteiger partial charge is 0.326 e. The summed E-state index contributed by atoms with van der Waals surface area (Å²) in [4.78, 5) is 0. The molecule has 0 aromatic heterocycles. The Hall–Kier alpha value is -1.64. The van der Waals surface area contributed by atoms with E-state index in [4.69, 9.17) is 11.5 Å². The van der Waals surface area contributed by atoms with E-state index in [-0.39, 0.29) is 6.04 Å². The van der Waals surface area contributed by atoms with Crippen molar-refractivity contribution < 1.29 is 0 Å².